The highest BCUT2D eigenvalue weighted by molar-refractivity contribution is 5.12. The minimum atomic E-state index is -0.406. The molecule has 0 aliphatic rings. The molecule has 0 aliphatic heterocycles. The highest BCUT2D eigenvalue weighted by atomic mass is 16.3. The maximum absolute atomic E-state index is 9.65. The van der Waals surface area contributed by atoms with E-state index in [0.29, 0.717) is 6.42 Å². The van der Waals surface area contributed by atoms with Gasteiger partial charge in [-0.3, -0.25) is 4.98 Å². The maximum Gasteiger partial charge on any atom is 0.0791 e. The summed E-state index contributed by atoms with van der Waals surface area (Å²) in [4.78, 5) is 3.88. The van der Waals surface area contributed by atoms with Gasteiger partial charge in [0, 0.05) is 18.8 Å². The molecule has 0 bridgehead atoms. The van der Waals surface area contributed by atoms with Crippen molar-refractivity contribution in [1.82, 2.24) is 4.98 Å². The number of hydrogen-bond acceptors (Lipinski definition) is 2. The first-order chi connectivity index (χ1) is 6.34. The molecule has 0 spiro atoms. The molecular weight excluding hydrogens is 162 g/mol. The number of hydrogen-bond donors (Lipinski definition) is 1. The number of pyridine rings is 1. The Morgan fingerprint density at radius 3 is 2.77 bits per heavy atom. The Balaban J connectivity index is 2.41. The van der Waals surface area contributed by atoms with E-state index in [2.05, 4.69) is 10.9 Å². The number of terminal acetylenes is 1. The van der Waals surface area contributed by atoms with Gasteiger partial charge in [0.15, 0.2) is 0 Å². The molecule has 0 amide bonds. The van der Waals surface area contributed by atoms with Crippen LogP contribution in [0.2, 0.25) is 0 Å². The van der Waals surface area contributed by atoms with Crippen molar-refractivity contribution in [3.8, 4) is 12.3 Å². The van der Waals surface area contributed by atoms with Gasteiger partial charge in [0.2, 0.25) is 0 Å². The number of nitrogens with zero attached hydrogens (tertiary/aromatic N) is 1. The summed E-state index contributed by atoms with van der Waals surface area (Å²) in [7, 11) is 0. The van der Waals surface area contributed by atoms with Crippen LogP contribution >= 0.6 is 0 Å². The number of aliphatic hydroxyl groups excluding tert-OH is 1. The van der Waals surface area contributed by atoms with Crippen LogP contribution in [-0.4, -0.2) is 10.1 Å². The van der Waals surface area contributed by atoms with Gasteiger partial charge in [-0.2, -0.15) is 0 Å². The molecule has 2 heteroatoms. The molecule has 1 heterocycles. The third kappa shape index (κ3) is 3.27. The fourth-order valence-electron chi connectivity index (χ4n) is 1.15. The SMILES string of the molecule is C#CCCCC(O)c1ccncc1. The second-order valence-corrected chi connectivity index (χ2v) is 2.89. The van der Waals surface area contributed by atoms with Gasteiger partial charge in [-0.05, 0) is 30.5 Å². The average Bonchev–Trinajstić information content (AvgIpc) is 2.19. The second-order valence-electron chi connectivity index (χ2n) is 2.89. The Bertz CT molecular complexity index is 276. The lowest BCUT2D eigenvalue weighted by atomic mass is 10.1. The molecule has 0 radical (unpaired) electrons. The third-order valence-corrected chi connectivity index (χ3v) is 1.89. The van der Waals surface area contributed by atoms with E-state index >= 15 is 0 Å². The maximum atomic E-state index is 9.65. The molecule has 2 nitrogen and oxygen atoms in total. The largest absolute Gasteiger partial charge is 0.388 e. The highest BCUT2D eigenvalue weighted by Gasteiger charge is 2.05. The molecule has 1 aromatic heterocycles. The lowest BCUT2D eigenvalue weighted by molar-refractivity contribution is 0.165. The van der Waals surface area contributed by atoms with Gasteiger partial charge in [-0.15, -0.1) is 12.3 Å². The van der Waals surface area contributed by atoms with E-state index in [9.17, 15) is 5.11 Å². The van der Waals surface area contributed by atoms with Crippen LogP contribution in [0.4, 0.5) is 0 Å². The lowest BCUT2D eigenvalue weighted by Crippen LogP contribution is -1.96. The quantitative estimate of drug-likeness (QED) is 0.560. The van der Waals surface area contributed by atoms with Crippen LogP contribution in [0.3, 0.4) is 0 Å². The smallest absolute Gasteiger partial charge is 0.0791 e. The molecule has 0 aliphatic carbocycles. The standard InChI is InChI=1S/C11H13NO/c1-2-3-4-5-11(13)10-6-8-12-9-7-10/h1,6-9,11,13H,3-5H2. The predicted molar refractivity (Wildman–Crippen MR) is 51.9 cm³/mol. The normalized spacial score (nSPS) is 12.0. The molecule has 1 aromatic rings. The molecular formula is C11H13NO. The van der Waals surface area contributed by atoms with Gasteiger partial charge in [0.25, 0.3) is 0 Å². The van der Waals surface area contributed by atoms with Crippen LogP contribution < -0.4 is 0 Å². The van der Waals surface area contributed by atoms with Crippen LogP contribution in [0.25, 0.3) is 0 Å². The topological polar surface area (TPSA) is 33.1 Å². The molecule has 0 saturated heterocycles. The zero-order valence-electron chi connectivity index (χ0n) is 7.48. The van der Waals surface area contributed by atoms with Gasteiger partial charge >= 0.3 is 0 Å². The van der Waals surface area contributed by atoms with Crippen molar-refractivity contribution in [2.75, 3.05) is 0 Å². The van der Waals surface area contributed by atoms with Crippen molar-refractivity contribution >= 4 is 0 Å². The van der Waals surface area contributed by atoms with Gasteiger partial charge in [0.1, 0.15) is 0 Å². The molecule has 0 saturated carbocycles. The van der Waals surface area contributed by atoms with Crippen LogP contribution in [0.15, 0.2) is 24.5 Å². The molecule has 68 valence electrons. The van der Waals surface area contributed by atoms with E-state index in [1.54, 1.807) is 12.4 Å². The molecule has 1 atom stereocenters. The number of rotatable bonds is 4. The van der Waals surface area contributed by atoms with Crippen LogP contribution in [-0.2, 0) is 0 Å². The molecule has 1 rings (SSSR count). The van der Waals surface area contributed by atoms with Crippen molar-refractivity contribution in [2.24, 2.45) is 0 Å². The Morgan fingerprint density at radius 2 is 2.15 bits per heavy atom. The zero-order chi connectivity index (χ0) is 9.52. The summed E-state index contributed by atoms with van der Waals surface area (Å²) in [6.45, 7) is 0. The third-order valence-electron chi connectivity index (χ3n) is 1.89. The van der Waals surface area contributed by atoms with Crippen molar-refractivity contribution in [3.05, 3.63) is 30.1 Å². The fraction of sp³-hybridized carbons (Fsp3) is 0.364. The fourth-order valence-corrected chi connectivity index (χ4v) is 1.15. The van der Waals surface area contributed by atoms with E-state index in [1.165, 1.54) is 0 Å². The summed E-state index contributed by atoms with van der Waals surface area (Å²) in [6, 6.07) is 3.64. The van der Waals surface area contributed by atoms with Crippen molar-refractivity contribution in [1.29, 1.82) is 0 Å². The van der Waals surface area contributed by atoms with Gasteiger partial charge in [-0.25, -0.2) is 0 Å². The lowest BCUT2D eigenvalue weighted by Gasteiger charge is -2.08. The Hall–Kier alpha value is -1.33. The van der Waals surface area contributed by atoms with Crippen LogP contribution in [0.5, 0.6) is 0 Å². The average molecular weight is 175 g/mol. The first-order valence-corrected chi connectivity index (χ1v) is 4.36. The van der Waals surface area contributed by atoms with E-state index in [0.717, 1.165) is 18.4 Å². The van der Waals surface area contributed by atoms with E-state index in [4.69, 9.17) is 6.42 Å². The van der Waals surface area contributed by atoms with Crippen molar-refractivity contribution in [2.45, 2.75) is 25.4 Å². The van der Waals surface area contributed by atoms with E-state index < -0.39 is 6.10 Å². The number of aliphatic hydroxyl groups is 1. The minimum absolute atomic E-state index is 0.406. The monoisotopic (exact) mass is 175 g/mol. The number of unbranched alkanes of at least 4 members (excludes halogenated alkanes) is 1. The molecule has 0 fully saturated rings. The molecule has 1 unspecified atom stereocenters. The molecule has 0 aromatic carbocycles. The van der Waals surface area contributed by atoms with Crippen LogP contribution in [0, 0.1) is 12.3 Å². The second kappa shape index (κ2) is 5.34. The van der Waals surface area contributed by atoms with E-state index in [-0.39, 0.29) is 0 Å². The van der Waals surface area contributed by atoms with E-state index in [1.807, 2.05) is 12.1 Å². The summed E-state index contributed by atoms with van der Waals surface area (Å²) >= 11 is 0. The predicted octanol–water partition coefficient (Wildman–Crippen LogP) is 1.92. The summed E-state index contributed by atoms with van der Waals surface area (Å²) in [5, 5.41) is 9.65. The molecule has 13 heavy (non-hydrogen) atoms. The van der Waals surface area contributed by atoms with Crippen LogP contribution in [0.1, 0.15) is 30.9 Å². The minimum Gasteiger partial charge on any atom is -0.388 e. The first kappa shape index (κ1) is 9.76. The first-order valence-electron chi connectivity index (χ1n) is 4.36. The van der Waals surface area contributed by atoms with Crippen molar-refractivity contribution in [3.63, 3.8) is 0 Å². The molecule has 1 N–H and O–H groups in total. The summed E-state index contributed by atoms with van der Waals surface area (Å²) in [5.74, 6) is 2.55. The Labute approximate surface area is 78.6 Å². The highest BCUT2D eigenvalue weighted by Crippen LogP contribution is 2.17. The van der Waals surface area contributed by atoms with Crippen molar-refractivity contribution < 1.29 is 5.11 Å². The Morgan fingerprint density at radius 1 is 1.46 bits per heavy atom. The Kier molecular flexibility index (Phi) is 4.01. The summed E-state index contributed by atoms with van der Waals surface area (Å²) in [6.07, 6.45) is 10.4. The van der Waals surface area contributed by atoms with Gasteiger partial charge < -0.3 is 5.11 Å². The van der Waals surface area contributed by atoms with Gasteiger partial charge in [-0.1, -0.05) is 0 Å². The zero-order valence-corrected chi connectivity index (χ0v) is 7.48. The summed E-state index contributed by atoms with van der Waals surface area (Å²) in [5.41, 5.74) is 0.909. The summed E-state index contributed by atoms with van der Waals surface area (Å²) < 4.78 is 0. The number of aromatic nitrogens is 1. The van der Waals surface area contributed by atoms with Gasteiger partial charge in [0.05, 0.1) is 6.10 Å².